The van der Waals surface area contributed by atoms with Gasteiger partial charge in [0.25, 0.3) is 0 Å². The number of hydrogen-bond acceptors (Lipinski definition) is 2. The van der Waals surface area contributed by atoms with Gasteiger partial charge in [-0.2, -0.15) is 0 Å². The number of aliphatic hydroxyl groups is 1. The molecule has 5 heteroatoms. The van der Waals surface area contributed by atoms with Gasteiger partial charge in [0.1, 0.15) is 5.75 Å². The summed E-state index contributed by atoms with van der Waals surface area (Å²) in [5.41, 5.74) is 0.592. The molecule has 1 aromatic carbocycles. The SMILES string of the molecule is COc1cc(Cl)c(C(O)CBr)cc1Cl. The van der Waals surface area contributed by atoms with Gasteiger partial charge in [-0.25, -0.2) is 0 Å². The van der Waals surface area contributed by atoms with Gasteiger partial charge in [0.05, 0.1) is 23.3 Å². The highest BCUT2D eigenvalue weighted by molar-refractivity contribution is 9.09. The monoisotopic (exact) mass is 298 g/mol. The molecule has 1 N–H and O–H groups in total. The van der Waals surface area contributed by atoms with Gasteiger partial charge in [-0.15, -0.1) is 0 Å². The Morgan fingerprint density at radius 1 is 1.43 bits per heavy atom. The molecule has 0 aliphatic heterocycles. The second kappa shape index (κ2) is 5.21. The Labute approximate surface area is 101 Å². The van der Waals surface area contributed by atoms with Crippen molar-refractivity contribution in [2.24, 2.45) is 0 Å². The minimum Gasteiger partial charge on any atom is -0.495 e. The van der Waals surface area contributed by atoms with Gasteiger partial charge in [-0.3, -0.25) is 0 Å². The van der Waals surface area contributed by atoms with Crippen molar-refractivity contribution in [2.45, 2.75) is 6.10 Å². The maximum absolute atomic E-state index is 9.57. The molecule has 78 valence electrons. The third-order valence-corrected chi connectivity index (χ3v) is 3.01. The topological polar surface area (TPSA) is 29.5 Å². The first-order valence-electron chi connectivity index (χ1n) is 3.87. The number of rotatable bonds is 3. The molecule has 2 nitrogen and oxygen atoms in total. The summed E-state index contributed by atoms with van der Waals surface area (Å²) in [5.74, 6) is 0.502. The highest BCUT2D eigenvalue weighted by Gasteiger charge is 2.13. The fourth-order valence-corrected chi connectivity index (χ4v) is 1.92. The number of methoxy groups -OCH3 is 1. The maximum Gasteiger partial charge on any atom is 0.138 e. The number of hydrogen-bond donors (Lipinski definition) is 1. The minimum atomic E-state index is -0.661. The summed E-state index contributed by atoms with van der Waals surface area (Å²) in [6, 6.07) is 3.19. The van der Waals surface area contributed by atoms with E-state index in [-0.39, 0.29) is 0 Å². The van der Waals surface area contributed by atoms with Crippen molar-refractivity contribution in [2.75, 3.05) is 12.4 Å². The summed E-state index contributed by atoms with van der Waals surface area (Å²) in [6.07, 6.45) is -0.661. The van der Waals surface area contributed by atoms with Gasteiger partial charge >= 0.3 is 0 Å². The lowest BCUT2D eigenvalue weighted by Gasteiger charge is -2.12. The lowest BCUT2D eigenvalue weighted by molar-refractivity contribution is 0.205. The third kappa shape index (κ3) is 2.54. The Bertz CT molecular complexity index is 331. The number of halogens is 3. The lowest BCUT2D eigenvalue weighted by atomic mass is 10.1. The number of benzene rings is 1. The highest BCUT2D eigenvalue weighted by Crippen LogP contribution is 2.34. The Balaban J connectivity index is 3.14. The number of aliphatic hydroxyl groups excluding tert-OH is 1. The van der Waals surface area contributed by atoms with Crippen molar-refractivity contribution >= 4 is 39.1 Å². The van der Waals surface area contributed by atoms with Crippen LogP contribution in [0.15, 0.2) is 12.1 Å². The normalized spacial score (nSPS) is 12.6. The Morgan fingerprint density at radius 2 is 2.07 bits per heavy atom. The molecule has 14 heavy (non-hydrogen) atoms. The summed E-state index contributed by atoms with van der Waals surface area (Å²) in [6.45, 7) is 0. The van der Waals surface area contributed by atoms with Crippen LogP contribution in [0.1, 0.15) is 11.7 Å². The van der Waals surface area contributed by atoms with E-state index in [9.17, 15) is 5.11 Å². The molecule has 0 aliphatic rings. The molecular weight excluding hydrogens is 291 g/mol. The van der Waals surface area contributed by atoms with E-state index in [1.807, 2.05) is 0 Å². The summed E-state index contributed by atoms with van der Waals surface area (Å²) in [7, 11) is 1.51. The summed E-state index contributed by atoms with van der Waals surface area (Å²) < 4.78 is 4.98. The van der Waals surface area contributed by atoms with Crippen molar-refractivity contribution in [1.29, 1.82) is 0 Å². The first-order valence-corrected chi connectivity index (χ1v) is 5.74. The largest absolute Gasteiger partial charge is 0.495 e. The van der Waals surface area contributed by atoms with Gasteiger partial charge in [0, 0.05) is 17.0 Å². The molecule has 0 bridgehead atoms. The number of ether oxygens (including phenoxy) is 1. The summed E-state index contributed by atoms with van der Waals surface area (Å²) in [4.78, 5) is 0. The highest BCUT2D eigenvalue weighted by atomic mass is 79.9. The van der Waals surface area contributed by atoms with E-state index in [4.69, 9.17) is 27.9 Å². The zero-order chi connectivity index (χ0) is 10.7. The van der Waals surface area contributed by atoms with Crippen molar-refractivity contribution in [3.05, 3.63) is 27.7 Å². The average Bonchev–Trinajstić information content (AvgIpc) is 2.19. The predicted molar refractivity (Wildman–Crippen MR) is 61.8 cm³/mol. The zero-order valence-electron chi connectivity index (χ0n) is 7.43. The van der Waals surface area contributed by atoms with E-state index in [0.29, 0.717) is 26.7 Å². The quantitative estimate of drug-likeness (QED) is 0.867. The third-order valence-electron chi connectivity index (χ3n) is 1.78. The van der Waals surface area contributed by atoms with Gasteiger partial charge < -0.3 is 9.84 Å². The first kappa shape index (κ1) is 12.1. The molecule has 0 amide bonds. The van der Waals surface area contributed by atoms with Crippen LogP contribution in [-0.2, 0) is 0 Å². The molecule has 0 aliphatic carbocycles. The van der Waals surface area contributed by atoms with Crippen LogP contribution >= 0.6 is 39.1 Å². The molecule has 0 heterocycles. The van der Waals surface area contributed by atoms with Crippen molar-refractivity contribution in [3.63, 3.8) is 0 Å². The Hall–Kier alpha value is 0.0400. The van der Waals surface area contributed by atoms with Gasteiger partial charge in [0.15, 0.2) is 0 Å². The smallest absolute Gasteiger partial charge is 0.138 e. The van der Waals surface area contributed by atoms with Gasteiger partial charge in [-0.05, 0) is 6.07 Å². The van der Waals surface area contributed by atoms with E-state index < -0.39 is 6.10 Å². The molecule has 0 spiro atoms. The molecule has 0 saturated carbocycles. The standard InChI is InChI=1S/C9H9BrCl2O2/c1-14-9-3-6(11)5(2-7(9)12)8(13)4-10/h2-3,8,13H,4H2,1H3. The fraction of sp³-hybridized carbons (Fsp3) is 0.333. The van der Waals surface area contributed by atoms with Crippen LogP contribution in [0.4, 0.5) is 0 Å². The predicted octanol–water partition coefficient (Wildman–Crippen LogP) is 3.43. The van der Waals surface area contributed by atoms with Crippen LogP contribution in [0, 0.1) is 0 Å². The van der Waals surface area contributed by atoms with E-state index in [1.165, 1.54) is 7.11 Å². The molecule has 0 fully saturated rings. The molecule has 1 unspecified atom stereocenters. The molecule has 1 rings (SSSR count). The van der Waals surface area contributed by atoms with E-state index in [2.05, 4.69) is 15.9 Å². The van der Waals surface area contributed by atoms with Crippen LogP contribution in [0.3, 0.4) is 0 Å². The Morgan fingerprint density at radius 3 is 2.57 bits per heavy atom. The maximum atomic E-state index is 9.57. The van der Waals surface area contributed by atoms with Crippen molar-refractivity contribution in [1.82, 2.24) is 0 Å². The molecule has 0 aromatic heterocycles. The second-order valence-electron chi connectivity index (χ2n) is 2.68. The van der Waals surface area contributed by atoms with E-state index in [1.54, 1.807) is 12.1 Å². The molecular formula is C9H9BrCl2O2. The van der Waals surface area contributed by atoms with Crippen LogP contribution in [0.2, 0.25) is 10.0 Å². The lowest BCUT2D eigenvalue weighted by Crippen LogP contribution is -2.00. The first-order chi connectivity index (χ1) is 6.60. The van der Waals surface area contributed by atoms with Crippen LogP contribution < -0.4 is 4.74 Å². The Kier molecular flexibility index (Phi) is 4.51. The van der Waals surface area contributed by atoms with Gasteiger partial charge in [0.2, 0.25) is 0 Å². The minimum absolute atomic E-state index is 0.412. The fourth-order valence-electron chi connectivity index (χ4n) is 1.04. The van der Waals surface area contributed by atoms with Gasteiger partial charge in [-0.1, -0.05) is 39.1 Å². The summed E-state index contributed by atoms with van der Waals surface area (Å²) in [5, 5.41) is 10.9. The van der Waals surface area contributed by atoms with Crippen molar-refractivity contribution in [3.8, 4) is 5.75 Å². The van der Waals surface area contributed by atoms with E-state index in [0.717, 1.165) is 0 Å². The van der Waals surface area contributed by atoms with Crippen LogP contribution in [0.25, 0.3) is 0 Å². The molecule has 0 saturated heterocycles. The molecule has 0 radical (unpaired) electrons. The van der Waals surface area contributed by atoms with E-state index >= 15 is 0 Å². The average molecular weight is 300 g/mol. The van der Waals surface area contributed by atoms with Crippen LogP contribution in [-0.4, -0.2) is 17.5 Å². The van der Waals surface area contributed by atoms with Crippen molar-refractivity contribution < 1.29 is 9.84 Å². The zero-order valence-corrected chi connectivity index (χ0v) is 10.5. The molecule has 1 atom stereocenters. The number of alkyl halides is 1. The second-order valence-corrected chi connectivity index (χ2v) is 4.14. The van der Waals surface area contributed by atoms with Crippen LogP contribution in [0.5, 0.6) is 5.75 Å². The molecule has 1 aromatic rings. The summed E-state index contributed by atoms with van der Waals surface area (Å²) >= 11 is 15.0.